The van der Waals surface area contributed by atoms with Crippen LogP contribution in [0.25, 0.3) is 22.4 Å². The van der Waals surface area contributed by atoms with Crippen LogP contribution in [0.5, 0.6) is 0 Å². The van der Waals surface area contributed by atoms with Gasteiger partial charge in [0.2, 0.25) is 0 Å². The van der Waals surface area contributed by atoms with Crippen molar-refractivity contribution in [3.05, 3.63) is 46.5 Å². The van der Waals surface area contributed by atoms with E-state index in [9.17, 15) is 9.59 Å². The summed E-state index contributed by atoms with van der Waals surface area (Å²) in [5, 5.41) is 12.6. The van der Waals surface area contributed by atoms with E-state index in [0.29, 0.717) is 11.2 Å². The molecular formula is C15H13N3O4. The lowest BCUT2D eigenvalue weighted by Crippen LogP contribution is -2.21. The topological polar surface area (TPSA) is 98.2 Å². The Kier molecular flexibility index (Phi) is 3.46. The third-order valence-corrected chi connectivity index (χ3v) is 3.42. The number of carbonyl (C=O) groups is 1. The molecule has 3 aromatic rings. The number of carboxylic acids is 1. The lowest BCUT2D eigenvalue weighted by molar-refractivity contribution is -0.137. The van der Waals surface area contributed by atoms with Gasteiger partial charge in [0.1, 0.15) is 11.2 Å². The van der Waals surface area contributed by atoms with Crippen molar-refractivity contribution in [3.8, 4) is 11.3 Å². The standard InChI is InChI=1S/C15H13N3O4/c1-9-4-2-3-5-10(9)12-13-14(22-17-12)15(21)18(8-16-13)7-6-11(19)20/h2-5,8H,6-7H2,1H3,(H,19,20). The van der Waals surface area contributed by atoms with Crippen LogP contribution in [0.4, 0.5) is 0 Å². The van der Waals surface area contributed by atoms with E-state index in [4.69, 9.17) is 9.63 Å². The van der Waals surface area contributed by atoms with Crippen LogP contribution < -0.4 is 5.56 Å². The fourth-order valence-corrected chi connectivity index (χ4v) is 2.25. The lowest BCUT2D eigenvalue weighted by Gasteiger charge is -2.03. The first-order valence-corrected chi connectivity index (χ1v) is 6.70. The molecule has 3 rings (SSSR count). The van der Waals surface area contributed by atoms with Gasteiger partial charge in [-0.25, -0.2) is 4.98 Å². The highest BCUT2D eigenvalue weighted by molar-refractivity contribution is 5.88. The zero-order valence-electron chi connectivity index (χ0n) is 11.8. The normalized spacial score (nSPS) is 11.0. The van der Waals surface area contributed by atoms with Crippen LogP contribution >= 0.6 is 0 Å². The highest BCUT2D eigenvalue weighted by atomic mass is 16.5. The largest absolute Gasteiger partial charge is 0.481 e. The van der Waals surface area contributed by atoms with Gasteiger partial charge in [-0.1, -0.05) is 29.4 Å². The number of rotatable bonds is 4. The molecule has 22 heavy (non-hydrogen) atoms. The third-order valence-electron chi connectivity index (χ3n) is 3.42. The Labute approximate surface area is 124 Å². The van der Waals surface area contributed by atoms with Gasteiger partial charge in [0.05, 0.1) is 12.7 Å². The molecule has 1 aromatic carbocycles. The van der Waals surface area contributed by atoms with Crippen molar-refractivity contribution >= 4 is 17.1 Å². The Hall–Kier alpha value is -2.96. The monoisotopic (exact) mass is 299 g/mol. The molecule has 0 amide bonds. The first-order chi connectivity index (χ1) is 10.6. The number of carboxylic acid groups (broad SMARTS) is 1. The van der Waals surface area contributed by atoms with E-state index in [1.54, 1.807) is 0 Å². The van der Waals surface area contributed by atoms with Gasteiger partial charge in [0.25, 0.3) is 11.1 Å². The maximum atomic E-state index is 12.3. The van der Waals surface area contributed by atoms with E-state index in [2.05, 4.69) is 10.1 Å². The van der Waals surface area contributed by atoms with Gasteiger partial charge < -0.3 is 9.63 Å². The summed E-state index contributed by atoms with van der Waals surface area (Å²) in [4.78, 5) is 27.1. The zero-order valence-corrected chi connectivity index (χ0v) is 11.8. The number of hydrogen-bond donors (Lipinski definition) is 1. The number of aliphatic carboxylic acids is 1. The molecule has 0 aliphatic rings. The van der Waals surface area contributed by atoms with Crippen LogP contribution in [-0.4, -0.2) is 25.8 Å². The van der Waals surface area contributed by atoms with E-state index >= 15 is 0 Å². The molecule has 0 saturated heterocycles. The highest BCUT2D eigenvalue weighted by Gasteiger charge is 2.17. The molecular weight excluding hydrogens is 286 g/mol. The molecule has 1 N–H and O–H groups in total. The molecule has 0 unspecified atom stereocenters. The number of nitrogens with zero attached hydrogens (tertiary/aromatic N) is 3. The van der Waals surface area contributed by atoms with Gasteiger partial charge in [-0.05, 0) is 12.5 Å². The van der Waals surface area contributed by atoms with Crippen molar-refractivity contribution < 1.29 is 14.4 Å². The maximum Gasteiger partial charge on any atom is 0.305 e. The summed E-state index contributed by atoms with van der Waals surface area (Å²) < 4.78 is 6.36. The molecule has 0 bridgehead atoms. The second-order valence-corrected chi connectivity index (χ2v) is 4.91. The summed E-state index contributed by atoms with van der Waals surface area (Å²) in [5.41, 5.74) is 2.33. The Morgan fingerprint density at radius 3 is 2.86 bits per heavy atom. The van der Waals surface area contributed by atoms with Crippen LogP contribution in [0.2, 0.25) is 0 Å². The average Bonchev–Trinajstić information content (AvgIpc) is 2.91. The van der Waals surface area contributed by atoms with Gasteiger partial charge in [0.15, 0.2) is 0 Å². The molecule has 112 valence electrons. The highest BCUT2D eigenvalue weighted by Crippen LogP contribution is 2.26. The van der Waals surface area contributed by atoms with Gasteiger partial charge in [-0.15, -0.1) is 0 Å². The number of aromatic nitrogens is 3. The van der Waals surface area contributed by atoms with E-state index < -0.39 is 11.5 Å². The number of benzene rings is 1. The molecule has 7 heteroatoms. The Morgan fingerprint density at radius 1 is 1.36 bits per heavy atom. The van der Waals surface area contributed by atoms with E-state index in [1.807, 2.05) is 31.2 Å². The van der Waals surface area contributed by atoms with Crippen LogP contribution in [0.3, 0.4) is 0 Å². The molecule has 7 nitrogen and oxygen atoms in total. The van der Waals surface area contributed by atoms with Crippen LogP contribution in [-0.2, 0) is 11.3 Å². The first-order valence-electron chi connectivity index (χ1n) is 6.70. The SMILES string of the molecule is Cc1ccccc1-c1noc2c(=O)n(CCC(=O)O)cnc12. The van der Waals surface area contributed by atoms with Gasteiger partial charge in [-0.2, -0.15) is 0 Å². The van der Waals surface area contributed by atoms with Crippen molar-refractivity contribution in [1.82, 2.24) is 14.7 Å². The summed E-state index contributed by atoms with van der Waals surface area (Å²) in [6, 6.07) is 7.60. The van der Waals surface area contributed by atoms with Crippen molar-refractivity contribution in [2.45, 2.75) is 19.9 Å². The van der Waals surface area contributed by atoms with E-state index in [0.717, 1.165) is 11.1 Å². The zero-order chi connectivity index (χ0) is 15.7. The minimum Gasteiger partial charge on any atom is -0.481 e. The number of hydrogen-bond acceptors (Lipinski definition) is 5. The second kappa shape index (κ2) is 5.44. The van der Waals surface area contributed by atoms with Crippen molar-refractivity contribution in [1.29, 1.82) is 0 Å². The molecule has 2 aromatic heterocycles. The van der Waals surface area contributed by atoms with Gasteiger partial charge >= 0.3 is 5.97 Å². The van der Waals surface area contributed by atoms with Crippen molar-refractivity contribution in [3.63, 3.8) is 0 Å². The lowest BCUT2D eigenvalue weighted by atomic mass is 10.1. The summed E-state index contributed by atoms with van der Waals surface area (Å²) in [5.74, 6) is -0.981. The minimum atomic E-state index is -0.981. The smallest absolute Gasteiger partial charge is 0.305 e. The van der Waals surface area contributed by atoms with Gasteiger partial charge in [-0.3, -0.25) is 14.2 Å². The fourth-order valence-electron chi connectivity index (χ4n) is 2.25. The Morgan fingerprint density at radius 2 is 2.14 bits per heavy atom. The first kappa shape index (κ1) is 14.0. The van der Waals surface area contributed by atoms with Crippen molar-refractivity contribution in [2.24, 2.45) is 0 Å². The molecule has 0 radical (unpaired) electrons. The number of aryl methyl sites for hydroxylation is 2. The predicted octanol–water partition coefficient (Wildman–Crippen LogP) is 1.83. The third kappa shape index (κ3) is 2.37. The van der Waals surface area contributed by atoms with Crippen LogP contribution in [0, 0.1) is 6.92 Å². The summed E-state index contributed by atoms with van der Waals surface area (Å²) >= 11 is 0. The molecule has 0 fully saturated rings. The Bertz CT molecular complexity index is 911. The van der Waals surface area contributed by atoms with Gasteiger partial charge in [0, 0.05) is 12.1 Å². The molecule has 0 atom stereocenters. The second-order valence-electron chi connectivity index (χ2n) is 4.91. The summed E-state index contributed by atoms with van der Waals surface area (Å²) in [6.07, 6.45) is 1.17. The minimum absolute atomic E-state index is 0.0335. The fraction of sp³-hybridized carbons (Fsp3) is 0.200. The molecule has 0 saturated carbocycles. The summed E-state index contributed by atoms with van der Waals surface area (Å²) in [7, 11) is 0. The number of fused-ring (bicyclic) bond motifs is 1. The summed E-state index contributed by atoms with van der Waals surface area (Å²) in [6.45, 7) is 1.97. The van der Waals surface area contributed by atoms with E-state index in [-0.39, 0.29) is 18.5 Å². The predicted molar refractivity (Wildman–Crippen MR) is 78.5 cm³/mol. The molecule has 0 spiro atoms. The molecule has 0 aliphatic heterocycles. The molecule has 0 aliphatic carbocycles. The van der Waals surface area contributed by atoms with Crippen LogP contribution in [0.1, 0.15) is 12.0 Å². The van der Waals surface area contributed by atoms with Crippen molar-refractivity contribution in [2.75, 3.05) is 0 Å². The maximum absolute atomic E-state index is 12.3. The molecule has 2 heterocycles. The average molecular weight is 299 g/mol. The van der Waals surface area contributed by atoms with E-state index in [1.165, 1.54) is 10.9 Å². The quantitative estimate of drug-likeness (QED) is 0.789. The van der Waals surface area contributed by atoms with Crippen LogP contribution in [0.15, 0.2) is 39.9 Å². The Balaban J connectivity index is 2.10.